The van der Waals surface area contributed by atoms with Gasteiger partial charge in [-0.05, 0) is 28.1 Å². The van der Waals surface area contributed by atoms with E-state index in [0.29, 0.717) is 4.47 Å². The van der Waals surface area contributed by atoms with Crippen molar-refractivity contribution in [3.8, 4) is 11.5 Å². The van der Waals surface area contributed by atoms with Gasteiger partial charge in [0, 0.05) is 4.47 Å². The van der Waals surface area contributed by atoms with Gasteiger partial charge in [-0.3, -0.25) is 0 Å². The minimum atomic E-state index is -3.00. The summed E-state index contributed by atoms with van der Waals surface area (Å²) in [6.45, 7) is -4.12. The summed E-state index contributed by atoms with van der Waals surface area (Å²) in [7, 11) is 0. The Labute approximate surface area is 101 Å². The Kier molecular flexibility index (Phi) is 4.72. The molecule has 0 atom stereocenters. The molecule has 0 bridgehead atoms. The highest BCUT2D eigenvalue weighted by Gasteiger charge is 2.15. The summed E-state index contributed by atoms with van der Waals surface area (Å²) < 4.78 is 45.5. The predicted molar refractivity (Wildman–Crippen MR) is 55.1 cm³/mol. The van der Waals surface area contributed by atoms with E-state index in [1.165, 1.54) is 12.1 Å². The first kappa shape index (κ1) is 12.6. The summed E-state index contributed by atoms with van der Waals surface area (Å²) in [5.41, 5.74) is 0. The molecule has 0 heterocycles. The molecule has 7 heteroatoms. The number of rotatable bonds is 4. The molecule has 0 radical (unpaired) electrons. The standard InChI is InChI=1S/C8H5Br2F3O2/c9-4-1-5(10)7(15-8(12)13)6(2-4)14-3-11/h1-2,8H,3H2. The van der Waals surface area contributed by atoms with Crippen molar-refractivity contribution in [1.82, 2.24) is 0 Å². The lowest BCUT2D eigenvalue weighted by Gasteiger charge is -2.12. The van der Waals surface area contributed by atoms with Crippen molar-refractivity contribution in [2.75, 3.05) is 6.86 Å². The highest BCUT2D eigenvalue weighted by molar-refractivity contribution is 9.11. The Morgan fingerprint density at radius 1 is 1.27 bits per heavy atom. The SMILES string of the molecule is FCOc1cc(Br)cc(Br)c1OC(F)F. The maximum Gasteiger partial charge on any atom is 0.387 e. The summed E-state index contributed by atoms with van der Waals surface area (Å²) in [6, 6.07) is 2.82. The Morgan fingerprint density at radius 3 is 2.47 bits per heavy atom. The lowest BCUT2D eigenvalue weighted by Crippen LogP contribution is -2.05. The molecular formula is C8H5Br2F3O2. The molecule has 15 heavy (non-hydrogen) atoms. The fourth-order valence-corrected chi connectivity index (χ4v) is 2.19. The molecule has 1 aromatic rings. The second-order valence-electron chi connectivity index (χ2n) is 2.35. The van der Waals surface area contributed by atoms with Gasteiger partial charge < -0.3 is 9.47 Å². The molecule has 0 fully saturated rings. The van der Waals surface area contributed by atoms with Gasteiger partial charge in [0.2, 0.25) is 6.86 Å². The summed E-state index contributed by atoms with van der Waals surface area (Å²) in [5, 5.41) is 0. The molecule has 0 spiro atoms. The zero-order valence-electron chi connectivity index (χ0n) is 7.15. The third kappa shape index (κ3) is 3.57. The van der Waals surface area contributed by atoms with Gasteiger partial charge in [-0.15, -0.1) is 0 Å². The Bertz CT molecular complexity index is 347. The smallest absolute Gasteiger partial charge is 0.387 e. The number of alkyl halides is 3. The van der Waals surface area contributed by atoms with Crippen LogP contribution in [0, 0.1) is 0 Å². The van der Waals surface area contributed by atoms with Crippen LogP contribution in [0.25, 0.3) is 0 Å². The van der Waals surface area contributed by atoms with Crippen LogP contribution in [0.1, 0.15) is 0 Å². The minimum absolute atomic E-state index is 0.0981. The molecule has 0 aliphatic rings. The normalized spacial score (nSPS) is 10.5. The van der Waals surface area contributed by atoms with Crippen LogP contribution >= 0.6 is 31.9 Å². The molecule has 0 amide bonds. The van der Waals surface area contributed by atoms with Crippen LogP contribution in [-0.4, -0.2) is 13.5 Å². The lowest BCUT2D eigenvalue weighted by molar-refractivity contribution is -0.0525. The zero-order chi connectivity index (χ0) is 11.4. The molecule has 0 aliphatic heterocycles. The van der Waals surface area contributed by atoms with Crippen molar-refractivity contribution in [3.63, 3.8) is 0 Å². The van der Waals surface area contributed by atoms with E-state index < -0.39 is 13.5 Å². The van der Waals surface area contributed by atoms with E-state index in [0.717, 1.165) is 0 Å². The van der Waals surface area contributed by atoms with Crippen molar-refractivity contribution in [2.24, 2.45) is 0 Å². The molecule has 1 aromatic carbocycles. The molecule has 0 aliphatic carbocycles. The van der Waals surface area contributed by atoms with Crippen molar-refractivity contribution >= 4 is 31.9 Å². The third-order valence-corrected chi connectivity index (χ3v) is 2.44. The van der Waals surface area contributed by atoms with Gasteiger partial charge in [-0.25, -0.2) is 4.39 Å². The Balaban J connectivity index is 3.08. The highest BCUT2D eigenvalue weighted by Crippen LogP contribution is 2.39. The predicted octanol–water partition coefficient (Wildman–Crippen LogP) is 4.12. The van der Waals surface area contributed by atoms with E-state index >= 15 is 0 Å². The summed E-state index contributed by atoms with van der Waals surface area (Å²) in [6.07, 6.45) is 0. The number of halogens is 5. The van der Waals surface area contributed by atoms with Crippen LogP contribution in [0.15, 0.2) is 21.1 Å². The minimum Gasteiger partial charge on any atom is -0.459 e. The molecule has 2 nitrogen and oxygen atoms in total. The molecule has 84 valence electrons. The van der Waals surface area contributed by atoms with E-state index in [-0.39, 0.29) is 16.0 Å². The van der Waals surface area contributed by atoms with Crippen LogP contribution in [0.3, 0.4) is 0 Å². The fourth-order valence-electron chi connectivity index (χ4n) is 0.906. The van der Waals surface area contributed by atoms with Crippen LogP contribution in [0.5, 0.6) is 11.5 Å². The molecule has 0 saturated heterocycles. The first-order valence-electron chi connectivity index (χ1n) is 3.67. The zero-order valence-corrected chi connectivity index (χ0v) is 10.3. The van der Waals surface area contributed by atoms with Gasteiger partial charge in [-0.2, -0.15) is 8.78 Å². The summed E-state index contributed by atoms with van der Waals surface area (Å²) in [5.74, 6) is -0.329. The van der Waals surface area contributed by atoms with Gasteiger partial charge in [0.15, 0.2) is 11.5 Å². The number of hydrogen-bond donors (Lipinski definition) is 0. The average Bonchev–Trinajstić information content (AvgIpc) is 2.11. The largest absolute Gasteiger partial charge is 0.459 e. The van der Waals surface area contributed by atoms with Gasteiger partial charge >= 0.3 is 6.61 Å². The molecular weight excluding hydrogens is 345 g/mol. The van der Waals surface area contributed by atoms with Crippen LogP contribution < -0.4 is 9.47 Å². The summed E-state index contributed by atoms with van der Waals surface area (Å²) in [4.78, 5) is 0. The lowest BCUT2D eigenvalue weighted by atomic mass is 10.3. The fraction of sp³-hybridized carbons (Fsp3) is 0.250. The average molecular weight is 350 g/mol. The van der Waals surface area contributed by atoms with Gasteiger partial charge in [-0.1, -0.05) is 15.9 Å². The highest BCUT2D eigenvalue weighted by atomic mass is 79.9. The van der Waals surface area contributed by atoms with E-state index in [4.69, 9.17) is 0 Å². The number of hydrogen-bond acceptors (Lipinski definition) is 2. The van der Waals surface area contributed by atoms with Crippen molar-refractivity contribution in [1.29, 1.82) is 0 Å². The summed E-state index contributed by atoms with van der Waals surface area (Å²) >= 11 is 6.11. The van der Waals surface area contributed by atoms with Crippen molar-refractivity contribution < 1.29 is 22.6 Å². The molecule has 1 rings (SSSR count). The molecule has 0 aromatic heterocycles. The quantitative estimate of drug-likeness (QED) is 0.814. The van der Waals surface area contributed by atoms with Gasteiger partial charge in [0.25, 0.3) is 0 Å². The van der Waals surface area contributed by atoms with Crippen LogP contribution in [-0.2, 0) is 0 Å². The topological polar surface area (TPSA) is 18.5 Å². The number of benzene rings is 1. The van der Waals surface area contributed by atoms with Gasteiger partial charge in [0.05, 0.1) is 4.47 Å². The second kappa shape index (κ2) is 5.60. The molecule has 0 unspecified atom stereocenters. The maximum atomic E-state index is 12.0. The first-order valence-corrected chi connectivity index (χ1v) is 5.25. The first-order chi connectivity index (χ1) is 7.04. The number of ether oxygens (including phenoxy) is 2. The van der Waals surface area contributed by atoms with E-state index in [1.807, 2.05) is 0 Å². The second-order valence-corrected chi connectivity index (χ2v) is 4.12. The molecule has 0 saturated carbocycles. The van der Waals surface area contributed by atoms with E-state index in [2.05, 4.69) is 41.3 Å². The van der Waals surface area contributed by atoms with Crippen molar-refractivity contribution in [3.05, 3.63) is 21.1 Å². The Hall–Kier alpha value is -0.430. The maximum absolute atomic E-state index is 12.0. The van der Waals surface area contributed by atoms with Crippen LogP contribution in [0.2, 0.25) is 0 Å². The third-order valence-electron chi connectivity index (χ3n) is 1.39. The van der Waals surface area contributed by atoms with E-state index in [1.54, 1.807) is 0 Å². The van der Waals surface area contributed by atoms with Crippen molar-refractivity contribution in [2.45, 2.75) is 6.61 Å². The van der Waals surface area contributed by atoms with Gasteiger partial charge in [0.1, 0.15) is 0 Å². The molecule has 0 N–H and O–H groups in total. The monoisotopic (exact) mass is 348 g/mol. The van der Waals surface area contributed by atoms with Crippen LogP contribution in [0.4, 0.5) is 13.2 Å². The van der Waals surface area contributed by atoms with E-state index in [9.17, 15) is 13.2 Å². The Morgan fingerprint density at radius 2 is 1.93 bits per heavy atom.